The van der Waals surface area contributed by atoms with E-state index in [0.717, 1.165) is 21.8 Å². The van der Waals surface area contributed by atoms with Gasteiger partial charge in [0.05, 0.1) is 18.0 Å². The fraction of sp³-hybridized carbons (Fsp3) is 0.250. The number of nitrogens with zero attached hydrogens (tertiary/aromatic N) is 5. The molecule has 10 heteroatoms. The Kier molecular flexibility index (Phi) is 6.50. The minimum Gasteiger partial charge on any atom is -0.486 e. The molecular weight excluding hydrogens is 470 g/mol. The van der Waals surface area contributed by atoms with Crippen LogP contribution in [0.15, 0.2) is 59.1 Å². The lowest BCUT2D eigenvalue weighted by molar-refractivity contribution is -0.116. The molecule has 0 N–H and O–H groups in total. The first-order valence-electron chi connectivity index (χ1n) is 10.8. The third-order valence-corrected chi connectivity index (χ3v) is 7.14. The van der Waals surface area contributed by atoms with Crippen molar-refractivity contribution in [3.63, 3.8) is 0 Å². The van der Waals surface area contributed by atoms with Gasteiger partial charge in [0.15, 0.2) is 11.5 Å². The Bertz CT molecular complexity index is 1310. The molecule has 0 unspecified atom stereocenters. The van der Waals surface area contributed by atoms with Crippen LogP contribution in [-0.4, -0.2) is 45.1 Å². The van der Waals surface area contributed by atoms with Gasteiger partial charge in [0, 0.05) is 16.6 Å². The van der Waals surface area contributed by atoms with Crippen molar-refractivity contribution in [1.29, 1.82) is 0 Å². The number of fused-ring (bicyclic) bond motifs is 1. The second-order valence-electron chi connectivity index (χ2n) is 7.84. The number of rotatable bonds is 7. The van der Waals surface area contributed by atoms with E-state index in [0.29, 0.717) is 36.4 Å². The zero-order valence-corrected chi connectivity index (χ0v) is 20.4. The van der Waals surface area contributed by atoms with Crippen LogP contribution in [0.25, 0.3) is 5.69 Å². The number of tetrazole rings is 1. The fourth-order valence-electron chi connectivity index (χ4n) is 3.75. The van der Waals surface area contributed by atoms with Crippen molar-refractivity contribution in [1.82, 2.24) is 20.2 Å². The molecule has 1 aliphatic rings. The molecule has 1 aliphatic heterocycles. The molecule has 4 aromatic rings. The van der Waals surface area contributed by atoms with Crippen molar-refractivity contribution in [2.75, 3.05) is 23.9 Å². The van der Waals surface area contributed by atoms with Crippen LogP contribution in [0, 0.1) is 13.8 Å². The minimum atomic E-state index is -0.0507. The maximum Gasteiger partial charge on any atom is 0.237 e. The summed E-state index contributed by atoms with van der Waals surface area (Å²) in [6, 6.07) is 15.7. The van der Waals surface area contributed by atoms with E-state index in [1.165, 1.54) is 17.3 Å². The number of hydrogen-bond donors (Lipinski definition) is 0. The average Bonchev–Trinajstić information content (AvgIpc) is 3.53. The van der Waals surface area contributed by atoms with E-state index < -0.39 is 0 Å². The highest BCUT2D eigenvalue weighted by molar-refractivity contribution is 7.99. The van der Waals surface area contributed by atoms with Crippen LogP contribution >= 0.6 is 23.1 Å². The highest BCUT2D eigenvalue weighted by Crippen LogP contribution is 2.35. The largest absolute Gasteiger partial charge is 0.486 e. The first-order chi connectivity index (χ1) is 16.6. The predicted octanol–water partition coefficient (Wildman–Crippen LogP) is 4.44. The molecule has 8 nitrogen and oxygen atoms in total. The standard InChI is InChI=1S/C24H23N5O3S2/c1-16-5-7-20(17(2)12-16)29-24(25-26-27-29)34-15-23(30)28(14-19-4-3-11-33-19)18-6-8-21-22(13-18)32-10-9-31-21/h3-8,11-13H,9-10,14-15H2,1-2H3. The minimum absolute atomic E-state index is 0.0507. The maximum absolute atomic E-state index is 13.5. The van der Waals surface area contributed by atoms with Gasteiger partial charge in [0.2, 0.25) is 11.1 Å². The lowest BCUT2D eigenvalue weighted by Crippen LogP contribution is -2.32. The van der Waals surface area contributed by atoms with Crippen molar-refractivity contribution in [3.8, 4) is 17.2 Å². The number of amides is 1. The van der Waals surface area contributed by atoms with Crippen LogP contribution in [0.5, 0.6) is 11.5 Å². The molecule has 5 rings (SSSR count). The molecule has 3 heterocycles. The van der Waals surface area contributed by atoms with Gasteiger partial charge in [-0.25, -0.2) is 0 Å². The van der Waals surface area contributed by atoms with Gasteiger partial charge in [-0.15, -0.1) is 16.4 Å². The smallest absolute Gasteiger partial charge is 0.237 e. The summed E-state index contributed by atoms with van der Waals surface area (Å²) < 4.78 is 13.1. The number of anilines is 1. The molecule has 1 amide bonds. The SMILES string of the molecule is Cc1ccc(-n2nnnc2SCC(=O)N(Cc2cccs2)c2ccc3c(c2)OCCO3)c(C)c1. The quantitative estimate of drug-likeness (QED) is 0.352. The normalized spacial score (nSPS) is 12.5. The van der Waals surface area contributed by atoms with Gasteiger partial charge in [-0.2, -0.15) is 4.68 Å². The zero-order chi connectivity index (χ0) is 23.5. The van der Waals surface area contributed by atoms with Crippen LogP contribution in [0.3, 0.4) is 0 Å². The lowest BCUT2D eigenvalue weighted by Gasteiger charge is -2.25. The molecule has 0 saturated heterocycles. The summed E-state index contributed by atoms with van der Waals surface area (Å²) in [4.78, 5) is 16.3. The van der Waals surface area contributed by atoms with E-state index in [1.54, 1.807) is 20.9 Å². The van der Waals surface area contributed by atoms with Gasteiger partial charge in [-0.1, -0.05) is 35.5 Å². The first kappa shape index (κ1) is 22.4. The second-order valence-corrected chi connectivity index (χ2v) is 9.81. The van der Waals surface area contributed by atoms with Crippen molar-refractivity contribution in [2.45, 2.75) is 25.5 Å². The van der Waals surface area contributed by atoms with E-state index in [2.05, 4.69) is 21.6 Å². The third kappa shape index (κ3) is 4.78. The van der Waals surface area contributed by atoms with Crippen LogP contribution in [0.2, 0.25) is 0 Å². The van der Waals surface area contributed by atoms with Crippen molar-refractivity contribution >= 4 is 34.7 Å². The Hall–Kier alpha value is -3.37. The summed E-state index contributed by atoms with van der Waals surface area (Å²) in [6.07, 6.45) is 0. The topological polar surface area (TPSA) is 82.4 Å². The Morgan fingerprint density at radius 3 is 2.76 bits per heavy atom. The lowest BCUT2D eigenvalue weighted by atomic mass is 10.1. The number of thioether (sulfide) groups is 1. The summed E-state index contributed by atoms with van der Waals surface area (Å²) in [7, 11) is 0. The van der Waals surface area contributed by atoms with Gasteiger partial charge in [-0.3, -0.25) is 4.79 Å². The van der Waals surface area contributed by atoms with Gasteiger partial charge in [-0.05, 0) is 59.5 Å². The molecule has 0 radical (unpaired) electrons. The number of benzene rings is 2. The molecule has 0 saturated carbocycles. The van der Waals surface area contributed by atoms with Gasteiger partial charge < -0.3 is 14.4 Å². The maximum atomic E-state index is 13.5. The van der Waals surface area contributed by atoms with Gasteiger partial charge in [0.25, 0.3) is 0 Å². The number of aryl methyl sites for hydroxylation is 2. The van der Waals surface area contributed by atoms with E-state index in [9.17, 15) is 4.79 Å². The summed E-state index contributed by atoms with van der Waals surface area (Å²) in [5.41, 5.74) is 3.89. The molecule has 0 atom stereocenters. The van der Waals surface area contributed by atoms with Crippen LogP contribution < -0.4 is 14.4 Å². The van der Waals surface area contributed by atoms with Gasteiger partial charge >= 0.3 is 0 Å². The average molecular weight is 494 g/mol. The number of hydrogen-bond acceptors (Lipinski definition) is 8. The van der Waals surface area contributed by atoms with Crippen LogP contribution in [0.4, 0.5) is 5.69 Å². The Morgan fingerprint density at radius 1 is 1.12 bits per heavy atom. The number of ether oxygens (including phenoxy) is 2. The Labute approximate surface area is 205 Å². The van der Waals surface area contributed by atoms with Gasteiger partial charge in [0.1, 0.15) is 13.2 Å². The fourth-order valence-corrected chi connectivity index (χ4v) is 5.20. The molecule has 0 spiro atoms. The molecule has 174 valence electrons. The Balaban J connectivity index is 1.37. The van der Waals surface area contributed by atoms with Crippen LogP contribution in [-0.2, 0) is 11.3 Å². The van der Waals surface area contributed by atoms with Crippen molar-refractivity contribution in [3.05, 3.63) is 69.9 Å². The summed E-state index contributed by atoms with van der Waals surface area (Å²) >= 11 is 2.93. The van der Waals surface area contributed by atoms with E-state index in [1.807, 2.05) is 61.7 Å². The third-order valence-electron chi connectivity index (χ3n) is 5.38. The highest BCUT2D eigenvalue weighted by Gasteiger charge is 2.22. The summed E-state index contributed by atoms with van der Waals surface area (Å²) in [5, 5.41) is 14.7. The van der Waals surface area contributed by atoms with E-state index in [4.69, 9.17) is 9.47 Å². The van der Waals surface area contributed by atoms with E-state index >= 15 is 0 Å². The zero-order valence-electron chi connectivity index (χ0n) is 18.8. The number of carbonyl (C=O) groups is 1. The van der Waals surface area contributed by atoms with Crippen molar-refractivity contribution < 1.29 is 14.3 Å². The molecule has 2 aromatic carbocycles. The summed E-state index contributed by atoms with van der Waals surface area (Å²) in [6.45, 7) is 5.56. The van der Waals surface area contributed by atoms with E-state index in [-0.39, 0.29) is 11.7 Å². The molecule has 34 heavy (non-hydrogen) atoms. The Morgan fingerprint density at radius 2 is 1.97 bits per heavy atom. The first-order valence-corrected chi connectivity index (χ1v) is 12.7. The van der Waals surface area contributed by atoms with Crippen molar-refractivity contribution in [2.24, 2.45) is 0 Å². The molecule has 0 bridgehead atoms. The predicted molar refractivity (Wildman–Crippen MR) is 132 cm³/mol. The highest BCUT2D eigenvalue weighted by atomic mass is 32.2. The molecular formula is C24H23N5O3S2. The monoisotopic (exact) mass is 493 g/mol. The summed E-state index contributed by atoms with van der Waals surface area (Å²) in [5.74, 6) is 1.48. The number of carbonyl (C=O) groups excluding carboxylic acids is 1. The van der Waals surface area contributed by atoms with Crippen LogP contribution in [0.1, 0.15) is 16.0 Å². The molecule has 0 fully saturated rings. The molecule has 0 aliphatic carbocycles. The number of thiophene rings is 1. The number of aromatic nitrogens is 4. The molecule has 2 aromatic heterocycles. The second kappa shape index (κ2) is 9.86.